The Labute approximate surface area is 75.4 Å². The zero-order valence-electron chi connectivity index (χ0n) is 6.97. The Morgan fingerprint density at radius 3 is 2.85 bits per heavy atom. The summed E-state index contributed by atoms with van der Waals surface area (Å²) in [5.74, 6) is 0.515. The van der Waals surface area contributed by atoms with Crippen molar-refractivity contribution in [1.29, 1.82) is 0 Å². The topological polar surface area (TPSA) is 64.9 Å². The van der Waals surface area contributed by atoms with Crippen molar-refractivity contribution in [3.63, 3.8) is 0 Å². The summed E-state index contributed by atoms with van der Waals surface area (Å²) in [5.41, 5.74) is 7.48. The number of nitrogens with zero attached hydrogens (tertiary/aromatic N) is 2. The van der Waals surface area contributed by atoms with Crippen molar-refractivity contribution in [2.75, 3.05) is 0 Å². The van der Waals surface area contributed by atoms with Gasteiger partial charge in [-0.1, -0.05) is 23.4 Å². The van der Waals surface area contributed by atoms with Crippen LogP contribution in [0.25, 0.3) is 11.5 Å². The number of hydrogen-bond donors (Lipinski definition) is 1. The first-order valence-corrected chi connectivity index (χ1v) is 3.97. The molecule has 0 saturated carbocycles. The molecule has 0 aliphatic heterocycles. The summed E-state index contributed by atoms with van der Waals surface area (Å²) in [5, 5.41) is 3.55. The third-order valence-electron chi connectivity index (χ3n) is 1.83. The summed E-state index contributed by atoms with van der Waals surface area (Å²) in [6.45, 7) is 0.471. The Hall–Kier alpha value is -1.68. The fraction of sp³-hybridized carbons (Fsp3) is 0.111. The molecular weight excluding hydrogens is 166 g/mol. The van der Waals surface area contributed by atoms with Crippen LogP contribution in [0.5, 0.6) is 0 Å². The van der Waals surface area contributed by atoms with Crippen LogP contribution in [-0.4, -0.2) is 10.1 Å². The Morgan fingerprint density at radius 1 is 1.31 bits per heavy atom. The van der Waals surface area contributed by atoms with Gasteiger partial charge in [-0.25, -0.2) is 0 Å². The van der Waals surface area contributed by atoms with Crippen molar-refractivity contribution in [3.05, 3.63) is 36.2 Å². The lowest BCUT2D eigenvalue weighted by Gasteiger charge is -2.01. The van der Waals surface area contributed by atoms with Crippen LogP contribution in [0.2, 0.25) is 0 Å². The van der Waals surface area contributed by atoms with E-state index in [2.05, 4.69) is 10.1 Å². The van der Waals surface area contributed by atoms with Crippen LogP contribution in [0, 0.1) is 0 Å². The van der Waals surface area contributed by atoms with Crippen LogP contribution in [0.1, 0.15) is 5.56 Å². The average molecular weight is 175 g/mol. The molecule has 4 nitrogen and oxygen atoms in total. The summed E-state index contributed by atoms with van der Waals surface area (Å²) in [6.07, 6.45) is 1.38. The molecule has 0 spiro atoms. The molecule has 0 radical (unpaired) electrons. The second-order valence-corrected chi connectivity index (χ2v) is 2.61. The van der Waals surface area contributed by atoms with Crippen molar-refractivity contribution in [3.8, 4) is 11.5 Å². The predicted molar refractivity (Wildman–Crippen MR) is 47.6 cm³/mol. The highest BCUT2D eigenvalue weighted by Gasteiger charge is 2.06. The molecule has 0 amide bonds. The molecule has 0 bridgehead atoms. The molecule has 2 N–H and O–H groups in total. The summed E-state index contributed by atoms with van der Waals surface area (Å²) in [6, 6.07) is 7.70. The molecule has 2 rings (SSSR count). The highest BCUT2D eigenvalue weighted by molar-refractivity contribution is 5.57. The van der Waals surface area contributed by atoms with Gasteiger partial charge in [-0.3, -0.25) is 0 Å². The van der Waals surface area contributed by atoms with Gasteiger partial charge in [0.25, 0.3) is 5.89 Å². The van der Waals surface area contributed by atoms with Crippen molar-refractivity contribution < 1.29 is 4.52 Å². The van der Waals surface area contributed by atoms with Gasteiger partial charge >= 0.3 is 0 Å². The summed E-state index contributed by atoms with van der Waals surface area (Å²) in [7, 11) is 0. The zero-order chi connectivity index (χ0) is 9.10. The first-order valence-electron chi connectivity index (χ1n) is 3.97. The van der Waals surface area contributed by atoms with Crippen LogP contribution in [0.15, 0.2) is 35.1 Å². The van der Waals surface area contributed by atoms with Gasteiger partial charge in [-0.05, 0) is 11.6 Å². The highest BCUT2D eigenvalue weighted by atomic mass is 16.5. The van der Waals surface area contributed by atoms with Gasteiger partial charge in [0.2, 0.25) is 0 Å². The number of hydrogen-bond acceptors (Lipinski definition) is 4. The minimum Gasteiger partial charge on any atom is -0.334 e. The fourth-order valence-electron chi connectivity index (χ4n) is 1.20. The van der Waals surface area contributed by atoms with Crippen molar-refractivity contribution in [2.24, 2.45) is 5.73 Å². The van der Waals surface area contributed by atoms with Gasteiger partial charge in [0, 0.05) is 12.1 Å². The van der Waals surface area contributed by atoms with E-state index < -0.39 is 0 Å². The minimum atomic E-state index is 0.471. The SMILES string of the molecule is NCc1ccccc1-c1ncno1. The Kier molecular flexibility index (Phi) is 2.06. The first-order chi connectivity index (χ1) is 6.42. The second kappa shape index (κ2) is 3.37. The normalized spacial score (nSPS) is 10.2. The van der Waals surface area contributed by atoms with Gasteiger partial charge < -0.3 is 10.3 Å². The molecule has 13 heavy (non-hydrogen) atoms. The Bertz CT molecular complexity index is 384. The maximum absolute atomic E-state index is 5.57. The van der Waals surface area contributed by atoms with Crippen molar-refractivity contribution >= 4 is 0 Å². The molecule has 66 valence electrons. The van der Waals surface area contributed by atoms with E-state index >= 15 is 0 Å². The molecule has 1 aromatic heterocycles. The zero-order valence-corrected chi connectivity index (χ0v) is 6.97. The average Bonchev–Trinajstić information content (AvgIpc) is 2.70. The maximum Gasteiger partial charge on any atom is 0.257 e. The number of nitrogens with two attached hydrogens (primary N) is 1. The molecule has 0 unspecified atom stereocenters. The number of aromatic nitrogens is 2. The third-order valence-corrected chi connectivity index (χ3v) is 1.83. The standard InChI is InChI=1S/C9H9N3O/c10-5-7-3-1-2-4-8(7)9-11-6-12-13-9/h1-4,6H,5,10H2. The number of benzene rings is 1. The van der Waals surface area contributed by atoms with Gasteiger partial charge in [-0.15, -0.1) is 0 Å². The van der Waals surface area contributed by atoms with Gasteiger partial charge in [-0.2, -0.15) is 4.98 Å². The first kappa shape index (κ1) is 7.94. The molecule has 0 saturated heterocycles. The molecule has 0 aliphatic rings. The van der Waals surface area contributed by atoms with Gasteiger partial charge in [0.15, 0.2) is 6.33 Å². The monoisotopic (exact) mass is 175 g/mol. The lowest BCUT2D eigenvalue weighted by Crippen LogP contribution is -1.98. The van der Waals surface area contributed by atoms with E-state index in [-0.39, 0.29) is 0 Å². The molecule has 0 atom stereocenters. The Morgan fingerprint density at radius 2 is 2.15 bits per heavy atom. The van der Waals surface area contributed by atoms with Gasteiger partial charge in [0.05, 0.1) is 0 Å². The van der Waals surface area contributed by atoms with E-state index in [0.717, 1.165) is 11.1 Å². The van der Waals surface area contributed by atoms with Gasteiger partial charge in [0.1, 0.15) is 0 Å². The lowest BCUT2D eigenvalue weighted by atomic mass is 10.1. The largest absolute Gasteiger partial charge is 0.334 e. The molecule has 0 aliphatic carbocycles. The van der Waals surface area contributed by atoms with E-state index in [1.54, 1.807) is 0 Å². The van der Waals surface area contributed by atoms with Crippen molar-refractivity contribution in [2.45, 2.75) is 6.54 Å². The second-order valence-electron chi connectivity index (χ2n) is 2.61. The molecule has 1 heterocycles. The minimum absolute atomic E-state index is 0.471. The summed E-state index contributed by atoms with van der Waals surface area (Å²) >= 11 is 0. The van der Waals surface area contributed by atoms with E-state index in [1.165, 1.54) is 6.33 Å². The Balaban J connectivity index is 2.51. The maximum atomic E-state index is 5.57. The molecule has 4 heteroatoms. The smallest absolute Gasteiger partial charge is 0.257 e. The number of rotatable bonds is 2. The molecule has 2 aromatic rings. The van der Waals surface area contributed by atoms with E-state index in [1.807, 2.05) is 24.3 Å². The molecule has 0 fully saturated rings. The highest BCUT2D eigenvalue weighted by Crippen LogP contribution is 2.19. The van der Waals surface area contributed by atoms with Crippen LogP contribution < -0.4 is 5.73 Å². The fourth-order valence-corrected chi connectivity index (χ4v) is 1.20. The summed E-state index contributed by atoms with van der Waals surface area (Å²) < 4.78 is 4.95. The van der Waals surface area contributed by atoms with E-state index in [9.17, 15) is 0 Å². The van der Waals surface area contributed by atoms with E-state index in [4.69, 9.17) is 10.3 Å². The molecular formula is C9H9N3O. The lowest BCUT2D eigenvalue weighted by molar-refractivity contribution is 0.429. The van der Waals surface area contributed by atoms with Crippen molar-refractivity contribution in [1.82, 2.24) is 10.1 Å². The van der Waals surface area contributed by atoms with Crippen LogP contribution in [0.3, 0.4) is 0 Å². The summed E-state index contributed by atoms with van der Waals surface area (Å²) in [4.78, 5) is 3.96. The third kappa shape index (κ3) is 1.43. The molecule has 1 aromatic carbocycles. The quantitative estimate of drug-likeness (QED) is 0.744. The van der Waals surface area contributed by atoms with Crippen LogP contribution in [0.4, 0.5) is 0 Å². The van der Waals surface area contributed by atoms with Crippen LogP contribution >= 0.6 is 0 Å². The van der Waals surface area contributed by atoms with E-state index in [0.29, 0.717) is 12.4 Å². The predicted octanol–water partition coefficient (Wildman–Crippen LogP) is 1.20. The van der Waals surface area contributed by atoms with Crippen LogP contribution in [-0.2, 0) is 6.54 Å².